The van der Waals surface area contributed by atoms with Gasteiger partial charge in [-0.15, -0.1) is 0 Å². The number of hydrogen-bond acceptors (Lipinski definition) is 4. The molecule has 0 radical (unpaired) electrons. The molecule has 0 bridgehead atoms. The molecular weight excluding hydrogens is 334 g/mol. The van der Waals surface area contributed by atoms with E-state index in [1.54, 1.807) is 0 Å². The van der Waals surface area contributed by atoms with Crippen molar-refractivity contribution in [2.24, 2.45) is 5.92 Å². The summed E-state index contributed by atoms with van der Waals surface area (Å²) in [4.78, 5) is 9.40. The lowest BCUT2D eigenvalue weighted by atomic mass is 9.91. The van der Waals surface area contributed by atoms with Crippen molar-refractivity contribution in [1.82, 2.24) is 9.88 Å². The molecule has 3 heterocycles. The molecule has 0 spiro atoms. The van der Waals surface area contributed by atoms with Gasteiger partial charge in [-0.3, -0.25) is 9.88 Å². The number of anilines is 1. The second-order valence-corrected chi connectivity index (χ2v) is 8.28. The Labute approximate surface area is 163 Å². The Morgan fingerprint density at radius 3 is 2.70 bits per heavy atom. The van der Waals surface area contributed by atoms with E-state index in [4.69, 9.17) is 4.74 Å². The Kier molecular flexibility index (Phi) is 5.35. The fourth-order valence-corrected chi connectivity index (χ4v) is 4.59. The van der Waals surface area contributed by atoms with Crippen LogP contribution in [0, 0.1) is 19.8 Å². The summed E-state index contributed by atoms with van der Waals surface area (Å²) in [5.41, 5.74) is 6.29. The van der Waals surface area contributed by atoms with Gasteiger partial charge in [-0.2, -0.15) is 0 Å². The summed E-state index contributed by atoms with van der Waals surface area (Å²) in [7, 11) is 2.14. The van der Waals surface area contributed by atoms with E-state index in [2.05, 4.69) is 66.0 Å². The van der Waals surface area contributed by atoms with Gasteiger partial charge in [0.15, 0.2) is 0 Å². The number of rotatable bonds is 4. The predicted octanol–water partition coefficient (Wildman–Crippen LogP) is 3.98. The molecule has 0 saturated carbocycles. The number of hydrogen-bond donors (Lipinski definition) is 0. The fourth-order valence-electron chi connectivity index (χ4n) is 4.59. The quantitative estimate of drug-likeness (QED) is 0.819. The average Bonchev–Trinajstić information content (AvgIpc) is 2.61. The van der Waals surface area contributed by atoms with Gasteiger partial charge in [0.25, 0.3) is 0 Å². The Balaban J connectivity index is 1.40. The molecule has 1 fully saturated rings. The second kappa shape index (κ2) is 7.89. The molecule has 1 aromatic carbocycles. The van der Waals surface area contributed by atoms with E-state index in [0.717, 1.165) is 42.8 Å². The molecule has 4 heteroatoms. The van der Waals surface area contributed by atoms with Crippen LogP contribution in [-0.2, 0) is 13.0 Å². The fraction of sp³-hybridized carbons (Fsp3) is 0.522. The van der Waals surface area contributed by atoms with E-state index >= 15 is 0 Å². The van der Waals surface area contributed by atoms with Crippen LogP contribution < -0.4 is 9.64 Å². The average molecular weight is 366 g/mol. The summed E-state index contributed by atoms with van der Waals surface area (Å²) < 4.78 is 5.88. The van der Waals surface area contributed by atoms with Gasteiger partial charge in [0, 0.05) is 31.5 Å². The lowest BCUT2D eigenvalue weighted by Gasteiger charge is -2.33. The van der Waals surface area contributed by atoms with Gasteiger partial charge in [-0.1, -0.05) is 6.07 Å². The molecule has 2 aromatic rings. The maximum atomic E-state index is 5.88. The normalized spacial score (nSPS) is 20.3. The van der Waals surface area contributed by atoms with Gasteiger partial charge in [-0.25, -0.2) is 0 Å². The van der Waals surface area contributed by atoms with Gasteiger partial charge < -0.3 is 9.64 Å². The number of likely N-dealkylation sites (tertiary alicyclic amines) is 1. The lowest BCUT2D eigenvalue weighted by molar-refractivity contribution is 0.167. The van der Waals surface area contributed by atoms with Crippen LogP contribution in [0.3, 0.4) is 0 Å². The molecule has 1 saturated heterocycles. The van der Waals surface area contributed by atoms with Crippen LogP contribution in [0.5, 0.6) is 5.75 Å². The number of benzene rings is 1. The molecular formula is C23H31N3O. The van der Waals surface area contributed by atoms with Crippen LogP contribution in [-0.4, -0.2) is 43.2 Å². The number of ether oxygens (including phenoxy) is 1. The number of likely N-dealkylation sites (N-methyl/N-ethyl adjacent to an activating group) is 1. The minimum atomic E-state index is 0.736. The molecule has 144 valence electrons. The summed E-state index contributed by atoms with van der Waals surface area (Å²) in [6.45, 7) is 9.34. The Morgan fingerprint density at radius 1 is 1.07 bits per heavy atom. The minimum Gasteiger partial charge on any atom is -0.490 e. The van der Waals surface area contributed by atoms with Crippen LogP contribution >= 0.6 is 0 Å². The molecule has 2 aliphatic heterocycles. The smallest absolute Gasteiger partial charge is 0.143 e. The first-order chi connectivity index (χ1) is 13.1. The molecule has 1 atom stereocenters. The van der Waals surface area contributed by atoms with Crippen LogP contribution in [0.15, 0.2) is 30.3 Å². The van der Waals surface area contributed by atoms with E-state index in [1.165, 1.54) is 49.2 Å². The molecule has 0 amide bonds. The highest BCUT2D eigenvalue weighted by Crippen LogP contribution is 2.32. The van der Waals surface area contributed by atoms with Crippen molar-refractivity contribution in [3.8, 4) is 5.75 Å². The first-order valence-corrected chi connectivity index (χ1v) is 10.2. The molecule has 0 aliphatic carbocycles. The van der Waals surface area contributed by atoms with Crippen LogP contribution in [0.1, 0.15) is 35.4 Å². The van der Waals surface area contributed by atoms with Crippen molar-refractivity contribution < 1.29 is 4.74 Å². The first kappa shape index (κ1) is 18.3. The number of aromatic nitrogens is 1. The summed E-state index contributed by atoms with van der Waals surface area (Å²) in [6, 6.07) is 11.2. The van der Waals surface area contributed by atoms with Gasteiger partial charge in [0.05, 0.1) is 12.2 Å². The van der Waals surface area contributed by atoms with Crippen molar-refractivity contribution in [2.45, 2.75) is 39.7 Å². The van der Waals surface area contributed by atoms with Crippen molar-refractivity contribution in [3.63, 3.8) is 0 Å². The van der Waals surface area contributed by atoms with E-state index in [9.17, 15) is 0 Å². The van der Waals surface area contributed by atoms with Gasteiger partial charge in [0.1, 0.15) is 12.4 Å². The van der Waals surface area contributed by atoms with E-state index < -0.39 is 0 Å². The molecule has 4 nitrogen and oxygen atoms in total. The number of nitrogens with zero attached hydrogens (tertiary/aromatic N) is 3. The second-order valence-electron chi connectivity index (χ2n) is 8.28. The third-order valence-electron chi connectivity index (χ3n) is 5.79. The molecule has 4 rings (SSSR count). The maximum absolute atomic E-state index is 5.88. The number of piperidine rings is 1. The van der Waals surface area contributed by atoms with E-state index in [0.29, 0.717) is 0 Å². The summed E-state index contributed by atoms with van der Waals surface area (Å²) in [6.07, 6.45) is 3.78. The predicted molar refractivity (Wildman–Crippen MR) is 111 cm³/mol. The van der Waals surface area contributed by atoms with E-state index in [1.807, 2.05) is 0 Å². The Hall–Kier alpha value is -2.07. The molecule has 1 aromatic heterocycles. The Morgan fingerprint density at radius 2 is 1.89 bits per heavy atom. The van der Waals surface area contributed by atoms with E-state index in [-0.39, 0.29) is 0 Å². The third-order valence-corrected chi connectivity index (χ3v) is 5.79. The van der Waals surface area contributed by atoms with Crippen LogP contribution in [0.2, 0.25) is 0 Å². The van der Waals surface area contributed by atoms with Gasteiger partial charge >= 0.3 is 0 Å². The van der Waals surface area contributed by atoms with Crippen LogP contribution in [0.25, 0.3) is 0 Å². The standard InChI is InChI=1S/C23H31N3O/c1-17-11-21(12-18(2)24-17)13-19-5-4-8-26(15-19)16-20-6-7-22-23(14-20)27-10-9-25(22)3/h6-7,11-12,14,19H,4-5,8-10,13,15-16H2,1-3H3/t19-/m1/s1. The highest BCUT2D eigenvalue weighted by atomic mass is 16.5. The summed E-state index contributed by atoms with van der Waals surface area (Å²) in [5, 5.41) is 0. The zero-order valence-corrected chi connectivity index (χ0v) is 16.9. The SMILES string of the molecule is Cc1cc(C[C@H]2CCCN(Cc3ccc4c(c3)OCCN4C)C2)cc(C)n1. The zero-order chi connectivity index (χ0) is 18.8. The topological polar surface area (TPSA) is 28.6 Å². The minimum absolute atomic E-state index is 0.736. The largest absolute Gasteiger partial charge is 0.490 e. The molecule has 2 aliphatic rings. The molecule has 0 N–H and O–H groups in total. The number of aryl methyl sites for hydroxylation is 2. The van der Waals surface area contributed by atoms with Crippen LogP contribution in [0.4, 0.5) is 5.69 Å². The Bertz CT molecular complexity index is 784. The molecule has 27 heavy (non-hydrogen) atoms. The number of fused-ring (bicyclic) bond motifs is 1. The highest BCUT2D eigenvalue weighted by Gasteiger charge is 2.22. The van der Waals surface area contributed by atoms with Crippen molar-refractivity contribution in [1.29, 1.82) is 0 Å². The monoisotopic (exact) mass is 365 g/mol. The zero-order valence-electron chi connectivity index (χ0n) is 16.9. The first-order valence-electron chi connectivity index (χ1n) is 10.2. The van der Waals surface area contributed by atoms with Gasteiger partial charge in [-0.05, 0) is 81.0 Å². The lowest BCUT2D eigenvalue weighted by Crippen LogP contribution is -2.35. The van der Waals surface area contributed by atoms with Crippen molar-refractivity contribution in [2.75, 3.05) is 38.2 Å². The molecule has 0 unspecified atom stereocenters. The highest BCUT2D eigenvalue weighted by molar-refractivity contribution is 5.60. The number of pyridine rings is 1. The van der Waals surface area contributed by atoms with Gasteiger partial charge in [0.2, 0.25) is 0 Å². The maximum Gasteiger partial charge on any atom is 0.143 e. The summed E-state index contributed by atoms with van der Waals surface area (Å²) >= 11 is 0. The van der Waals surface area contributed by atoms with Crippen molar-refractivity contribution >= 4 is 5.69 Å². The summed E-state index contributed by atoms with van der Waals surface area (Å²) in [5.74, 6) is 1.78. The van der Waals surface area contributed by atoms with Crippen molar-refractivity contribution in [3.05, 3.63) is 52.8 Å². The third kappa shape index (κ3) is 4.44.